The highest BCUT2D eigenvalue weighted by Crippen LogP contribution is 2.31. The lowest BCUT2D eigenvalue weighted by Crippen LogP contribution is -2.35. The molecule has 1 fully saturated rings. The molecule has 1 aromatic carbocycles. The molecule has 0 amide bonds. The van der Waals surface area contributed by atoms with Crippen LogP contribution in [0.3, 0.4) is 0 Å². The topological polar surface area (TPSA) is 72.6 Å². The summed E-state index contributed by atoms with van der Waals surface area (Å²) in [7, 11) is -1.76. The van der Waals surface area contributed by atoms with Gasteiger partial charge in [-0.1, -0.05) is 12.1 Å². The standard InChI is InChI=1S/C13H20N2O3S/c1-18-7-8-19(16,17)15(13-5-6-13)10-11-3-2-4-12(14)9-11/h2-4,9,13H,5-8,10,14H2,1H3. The maximum Gasteiger partial charge on any atom is 0.216 e. The van der Waals surface area contributed by atoms with Crippen molar-refractivity contribution in [1.82, 2.24) is 4.31 Å². The lowest BCUT2D eigenvalue weighted by Gasteiger charge is -2.22. The van der Waals surface area contributed by atoms with Crippen LogP contribution in [0.2, 0.25) is 0 Å². The first-order chi connectivity index (χ1) is 9.03. The van der Waals surface area contributed by atoms with Crippen molar-refractivity contribution < 1.29 is 13.2 Å². The minimum atomic E-state index is -3.26. The van der Waals surface area contributed by atoms with Crippen molar-refractivity contribution in [3.05, 3.63) is 29.8 Å². The number of nitrogens with two attached hydrogens (primary N) is 1. The average Bonchev–Trinajstić information content (AvgIpc) is 3.18. The van der Waals surface area contributed by atoms with Crippen LogP contribution in [0.1, 0.15) is 18.4 Å². The van der Waals surface area contributed by atoms with Gasteiger partial charge in [0.05, 0.1) is 12.4 Å². The van der Waals surface area contributed by atoms with Gasteiger partial charge in [0.15, 0.2) is 0 Å². The van der Waals surface area contributed by atoms with E-state index in [0.717, 1.165) is 18.4 Å². The molecule has 0 unspecified atom stereocenters. The summed E-state index contributed by atoms with van der Waals surface area (Å²) in [6.07, 6.45) is 1.88. The Kier molecular flexibility index (Phi) is 4.44. The van der Waals surface area contributed by atoms with E-state index in [1.807, 2.05) is 18.2 Å². The minimum Gasteiger partial charge on any atom is -0.399 e. The third-order valence-electron chi connectivity index (χ3n) is 3.15. The number of hydrogen-bond donors (Lipinski definition) is 1. The molecular weight excluding hydrogens is 264 g/mol. The van der Waals surface area contributed by atoms with Gasteiger partial charge in [-0.15, -0.1) is 0 Å². The molecule has 1 saturated carbocycles. The van der Waals surface area contributed by atoms with Crippen LogP contribution in [-0.2, 0) is 21.3 Å². The van der Waals surface area contributed by atoms with Gasteiger partial charge in [-0.2, -0.15) is 4.31 Å². The molecule has 0 spiro atoms. The molecule has 106 valence electrons. The summed E-state index contributed by atoms with van der Waals surface area (Å²) in [5.74, 6) is 0.0301. The van der Waals surface area contributed by atoms with Crippen molar-refractivity contribution in [2.75, 3.05) is 25.2 Å². The zero-order valence-corrected chi connectivity index (χ0v) is 11.9. The van der Waals surface area contributed by atoms with E-state index in [9.17, 15) is 8.42 Å². The lowest BCUT2D eigenvalue weighted by atomic mass is 10.2. The molecule has 5 nitrogen and oxygen atoms in total. The maximum absolute atomic E-state index is 12.3. The first-order valence-corrected chi connectivity index (χ1v) is 7.97. The molecule has 2 rings (SSSR count). The summed E-state index contributed by atoms with van der Waals surface area (Å²) >= 11 is 0. The fourth-order valence-electron chi connectivity index (χ4n) is 1.99. The van der Waals surface area contributed by atoms with Crippen LogP contribution in [0.4, 0.5) is 5.69 Å². The predicted molar refractivity (Wildman–Crippen MR) is 75.1 cm³/mol. The Morgan fingerprint density at radius 3 is 2.74 bits per heavy atom. The second-order valence-electron chi connectivity index (χ2n) is 4.83. The van der Waals surface area contributed by atoms with E-state index in [1.165, 1.54) is 7.11 Å². The molecule has 0 radical (unpaired) electrons. The number of benzene rings is 1. The number of rotatable bonds is 7. The molecular formula is C13H20N2O3S. The SMILES string of the molecule is COCCS(=O)(=O)N(Cc1cccc(N)c1)C1CC1. The third kappa shape index (κ3) is 3.92. The van der Waals surface area contributed by atoms with Crippen LogP contribution in [0.5, 0.6) is 0 Å². The van der Waals surface area contributed by atoms with Crippen molar-refractivity contribution >= 4 is 15.7 Å². The van der Waals surface area contributed by atoms with Gasteiger partial charge in [0.2, 0.25) is 10.0 Å². The molecule has 0 aromatic heterocycles. The summed E-state index contributed by atoms with van der Waals surface area (Å²) in [6.45, 7) is 0.615. The zero-order valence-electron chi connectivity index (χ0n) is 11.1. The Labute approximate surface area is 114 Å². The number of sulfonamides is 1. The molecule has 2 N–H and O–H groups in total. The molecule has 0 bridgehead atoms. The average molecular weight is 284 g/mol. The Morgan fingerprint density at radius 2 is 2.16 bits per heavy atom. The molecule has 1 aliphatic rings. The fraction of sp³-hybridized carbons (Fsp3) is 0.538. The Bertz CT molecular complexity index is 526. The Morgan fingerprint density at radius 1 is 1.42 bits per heavy atom. The first kappa shape index (κ1) is 14.3. The summed E-state index contributed by atoms with van der Waals surface area (Å²) in [4.78, 5) is 0. The van der Waals surface area contributed by atoms with Crippen LogP contribution >= 0.6 is 0 Å². The van der Waals surface area contributed by atoms with Crippen molar-refractivity contribution in [1.29, 1.82) is 0 Å². The van der Waals surface area contributed by atoms with E-state index in [4.69, 9.17) is 10.5 Å². The van der Waals surface area contributed by atoms with E-state index < -0.39 is 10.0 Å². The fourth-order valence-corrected chi connectivity index (χ4v) is 3.62. The zero-order chi connectivity index (χ0) is 13.9. The summed E-state index contributed by atoms with van der Waals surface area (Å²) in [5, 5.41) is 0. The molecule has 1 aliphatic carbocycles. The lowest BCUT2D eigenvalue weighted by molar-refractivity contribution is 0.215. The summed E-state index contributed by atoms with van der Waals surface area (Å²) < 4.78 is 31.0. The Hall–Kier alpha value is -1.11. The number of nitrogens with zero attached hydrogens (tertiary/aromatic N) is 1. The minimum absolute atomic E-state index is 0.0301. The first-order valence-electron chi connectivity index (χ1n) is 6.36. The number of ether oxygens (including phenoxy) is 1. The second kappa shape index (κ2) is 5.90. The van der Waals surface area contributed by atoms with E-state index in [1.54, 1.807) is 10.4 Å². The second-order valence-corrected chi connectivity index (χ2v) is 6.87. The van der Waals surface area contributed by atoms with Crippen LogP contribution in [-0.4, -0.2) is 38.2 Å². The highest BCUT2D eigenvalue weighted by molar-refractivity contribution is 7.89. The smallest absolute Gasteiger partial charge is 0.216 e. The third-order valence-corrected chi connectivity index (χ3v) is 4.97. The molecule has 0 saturated heterocycles. The van der Waals surface area contributed by atoms with E-state index in [0.29, 0.717) is 12.2 Å². The highest BCUT2D eigenvalue weighted by Gasteiger charge is 2.36. The maximum atomic E-state index is 12.3. The van der Waals surface area contributed by atoms with Crippen LogP contribution in [0.25, 0.3) is 0 Å². The van der Waals surface area contributed by atoms with E-state index in [2.05, 4.69) is 0 Å². The van der Waals surface area contributed by atoms with E-state index in [-0.39, 0.29) is 18.4 Å². The molecule has 0 heterocycles. The van der Waals surface area contributed by atoms with Gasteiger partial charge < -0.3 is 10.5 Å². The van der Waals surface area contributed by atoms with Crippen molar-refractivity contribution in [3.8, 4) is 0 Å². The van der Waals surface area contributed by atoms with Crippen molar-refractivity contribution in [2.24, 2.45) is 0 Å². The number of anilines is 1. The van der Waals surface area contributed by atoms with Crippen LogP contribution in [0.15, 0.2) is 24.3 Å². The van der Waals surface area contributed by atoms with Gasteiger partial charge in [-0.25, -0.2) is 8.42 Å². The molecule has 19 heavy (non-hydrogen) atoms. The van der Waals surface area contributed by atoms with Gasteiger partial charge in [0.25, 0.3) is 0 Å². The van der Waals surface area contributed by atoms with Gasteiger partial charge in [-0.05, 0) is 30.5 Å². The molecule has 1 aromatic rings. The summed E-state index contributed by atoms with van der Waals surface area (Å²) in [6, 6.07) is 7.50. The van der Waals surface area contributed by atoms with Crippen LogP contribution in [0, 0.1) is 0 Å². The number of nitrogen functional groups attached to an aromatic ring is 1. The van der Waals surface area contributed by atoms with Crippen molar-refractivity contribution in [2.45, 2.75) is 25.4 Å². The Balaban J connectivity index is 2.12. The van der Waals surface area contributed by atoms with Crippen LogP contribution < -0.4 is 5.73 Å². The predicted octanol–water partition coefficient (Wildman–Crippen LogP) is 1.21. The van der Waals surface area contributed by atoms with Gasteiger partial charge in [0.1, 0.15) is 0 Å². The number of hydrogen-bond acceptors (Lipinski definition) is 4. The quantitative estimate of drug-likeness (QED) is 0.764. The van der Waals surface area contributed by atoms with Crippen molar-refractivity contribution in [3.63, 3.8) is 0 Å². The monoisotopic (exact) mass is 284 g/mol. The molecule has 0 atom stereocenters. The normalized spacial score (nSPS) is 15.9. The molecule has 6 heteroatoms. The largest absolute Gasteiger partial charge is 0.399 e. The number of methoxy groups -OCH3 is 1. The highest BCUT2D eigenvalue weighted by atomic mass is 32.2. The van der Waals surface area contributed by atoms with Gasteiger partial charge in [-0.3, -0.25) is 0 Å². The van der Waals surface area contributed by atoms with Gasteiger partial charge in [0, 0.05) is 25.4 Å². The van der Waals surface area contributed by atoms with Gasteiger partial charge >= 0.3 is 0 Å². The summed E-state index contributed by atoms with van der Waals surface area (Å²) in [5.41, 5.74) is 7.31. The molecule has 0 aliphatic heterocycles. The van der Waals surface area contributed by atoms with E-state index >= 15 is 0 Å².